The first-order valence-corrected chi connectivity index (χ1v) is 15.0. The first-order valence-electron chi connectivity index (χ1n) is 13.2. The Labute approximate surface area is 245 Å². The minimum absolute atomic E-state index is 0.0665. The lowest BCUT2D eigenvalue weighted by molar-refractivity contribution is -0.132. The topological polar surface area (TPSA) is 92.6 Å². The number of ketones is 1. The average molecular weight is 590 g/mol. The fraction of sp³-hybridized carbons (Fsp3) is 0.226. The number of carbonyl (C=O) groups excluding carboxylic acids is 2. The summed E-state index contributed by atoms with van der Waals surface area (Å²) in [5.41, 5.74) is 2.42. The van der Waals surface area contributed by atoms with Gasteiger partial charge < -0.3 is 9.84 Å². The zero-order valence-electron chi connectivity index (χ0n) is 22.5. The van der Waals surface area contributed by atoms with E-state index < -0.39 is 29.3 Å². The number of carbonyl (C=O) groups is 2. The predicted molar refractivity (Wildman–Crippen MR) is 159 cm³/mol. The van der Waals surface area contributed by atoms with Crippen LogP contribution in [-0.2, 0) is 15.3 Å². The number of ether oxygens (including phenoxy) is 1. The molecular weight excluding hydrogens is 561 g/mol. The van der Waals surface area contributed by atoms with E-state index in [0.717, 1.165) is 40.2 Å². The van der Waals surface area contributed by atoms with Crippen LogP contribution in [0, 0.1) is 12.7 Å². The minimum atomic E-state index is -1.22. The van der Waals surface area contributed by atoms with Crippen LogP contribution in [0.5, 0.6) is 5.75 Å². The van der Waals surface area contributed by atoms with Crippen molar-refractivity contribution in [2.75, 3.05) is 11.5 Å². The third kappa shape index (κ3) is 6.18. The molecule has 1 amide bonds. The van der Waals surface area contributed by atoms with Gasteiger partial charge in [0.15, 0.2) is 4.34 Å². The van der Waals surface area contributed by atoms with Crippen molar-refractivity contribution >= 4 is 45.7 Å². The van der Waals surface area contributed by atoms with E-state index in [4.69, 9.17) is 4.74 Å². The smallest absolute Gasteiger partial charge is 0.301 e. The number of thioether (sulfide) groups is 1. The van der Waals surface area contributed by atoms with E-state index in [1.54, 1.807) is 30.3 Å². The molecule has 41 heavy (non-hydrogen) atoms. The summed E-state index contributed by atoms with van der Waals surface area (Å²) in [5.74, 6) is -1.60. The normalized spacial score (nSPS) is 16.4. The molecule has 210 valence electrons. The van der Waals surface area contributed by atoms with E-state index in [2.05, 4.69) is 17.1 Å². The molecule has 0 bridgehead atoms. The molecule has 1 atom stereocenters. The minimum Gasteiger partial charge on any atom is -0.507 e. The number of aromatic nitrogens is 2. The maximum atomic E-state index is 15.2. The fourth-order valence-corrected chi connectivity index (χ4v) is 6.23. The van der Waals surface area contributed by atoms with Crippen molar-refractivity contribution in [2.24, 2.45) is 0 Å². The molecule has 1 unspecified atom stereocenters. The molecule has 0 saturated carbocycles. The number of aliphatic hydroxyl groups is 1. The van der Waals surface area contributed by atoms with Crippen molar-refractivity contribution in [2.45, 2.75) is 42.8 Å². The molecule has 5 rings (SSSR count). The Bertz CT molecular complexity index is 1590. The second-order valence-corrected chi connectivity index (χ2v) is 11.7. The first kappa shape index (κ1) is 28.5. The van der Waals surface area contributed by atoms with E-state index in [-0.39, 0.29) is 16.3 Å². The molecule has 0 spiro atoms. The van der Waals surface area contributed by atoms with E-state index >= 15 is 4.39 Å². The van der Waals surface area contributed by atoms with Crippen molar-refractivity contribution in [3.8, 4) is 5.75 Å². The lowest BCUT2D eigenvalue weighted by Crippen LogP contribution is -2.29. The molecule has 2 heterocycles. The summed E-state index contributed by atoms with van der Waals surface area (Å²) in [6.07, 6.45) is 1.90. The molecular formula is C31H28FN3O4S2. The molecule has 4 aromatic rings. The number of anilines is 1. The van der Waals surface area contributed by atoms with Gasteiger partial charge in [-0.2, -0.15) is 0 Å². The van der Waals surface area contributed by atoms with E-state index in [0.29, 0.717) is 28.0 Å². The van der Waals surface area contributed by atoms with E-state index in [1.165, 1.54) is 30.0 Å². The summed E-state index contributed by atoms with van der Waals surface area (Å²) in [7, 11) is 0. The fourth-order valence-electron chi connectivity index (χ4n) is 4.41. The lowest BCUT2D eigenvalue weighted by atomic mass is 9.95. The number of hydrogen-bond donors (Lipinski definition) is 1. The number of aliphatic hydroxyl groups excluding tert-OH is 1. The van der Waals surface area contributed by atoms with Crippen LogP contribution < -0.4 is 9.64 Å². The maximum Gasteiger partial charge on any atom is 0.301 e. The predicted octanol–water partition coefficient (Wildman–Crippen LogP) is 7.08. The average Bonchev–Trinajstić information content (AvgIpc) is 3.55. The summed E-state index contributed by atoms with van der Waals surface area (Å²) in [5, 5.41) is 19.9. The van der Waals surface area contributed by atoms with Crippen molar-refractivity contribution < 1.29 is 23.8 Å². The quantitative estimate of drug-likeness (QED) is 0.0528. The number of unbranched alkanes of at least 4 members (excludes halogenated alkanes) is 1. The van der Waals surface area contributed by atoms with Crippen molar-refractivity contribution in [3.05, 3.63) is 106 Å². The van der Waals surface area contributed by atoms with Gasteiger partial charge in [-0.15, -0.1) is 10.2 Å². The van der Waals surface area contributed by atoms with Gasteiger partial charge in [-0.05, 0) is 49.2 Å². The van der Waals surface area contributed by atoms with Crippen LogP contribution >= 0.6 is 23.1 Å². The van der Waals surface area contributed by atoms with Gasteiger partial charge in [0.05, 0.1) is 12.2 Å². The van der Waals surface area contributed by atoms with Crippen LogP contribution in [0.2, 0.25) is 0 Å². The highest BCUT2D eigenvalue weighted by Crippen LogP contribution is 2.44. The van der Waals surface area contributed by atoms with E-state index in [9.17, 15) is 14.7 Å². The highest BCUT2D eigenvalue weighted by Gasteiger charge is 2.49. The molecule has 1 aliphatic heterocycles. The molecule has 10 heteroatoms. The Morgan fingerprint density at radius 2 is 1.78 bits per heavy atom. The van der Waals surface area contributed by atoms with Crippen LogP contribution in [0.4, 0.5) is 9.52 Å². The number of aryl methyl sites for hydroxylation is 1. The SMILES string of the molecule is CCCCOc1ccc(C(O)=C2C(=O)C(=O)N(c3nnc(SCc4ccc(C)cc4)s3)C2c2ccccc2F)cc1. The molecule has 0 aliphatic carbocycles. The summed E-state index contributed by atoms with van der Waals surface area (Å²) in [4.78, 5) is 27.9. The number of halogens is 1. The highest BCUT2D eigenvalue weighted by molar-refractivity contribution is 8.00. The summed E-state index contributed by atoms with van der Waals surface area (Å²) >= 11 is 2.58. The first-order chi connectivity index (χ1) is 19.9. The molecule has 1 saturated heterocycles. The van der Waals surface area contributed by atoms with Gasteiger partial charge in [0.2, 0.25) is 5.13 Å². The van der Waals surface area contributed by atoms with Crippen LogP contribution in [0.25, 0.3) is 5.76 Å². The molecule has 0 radical (unpaired) electrons. The van der Waals surface area contributed by atoms with Crippen molar-refractivity contribution in [1.29, 1.82) is 0 Å². The summed E-state index contributed by atoms with van der Waals surface area (Å²) in [6, 6.07) is 19.4. The standard InChI is InChI=1S/C31H28FN3O4S2/c1-3-4-17-39-22-15-13-21(14-16-22)27(36)25-26(23-7-5-6-8-24(23)32)35(29(38)28(25)37)30-33-34-31(41-30)40-18-20-11-9-19(2)10-12-20/h5-16,26,36H,3-4,17-18H2,1-2H3. The lowest BCUT2D eigenvalue weighted by Gasteiger charge is -2.22. The summed E-state index contributed by atoms with van der Waals surface area (Å²) in [6.45, 7) is 4.65. The third-order valence-corrected chi connectivity index (χ3v) is 8.75. The molecule has 1 aliphatic rings. The largest absolute Gasteiger partial charge is 0.507 e. The monoisotopic (exact) mass is 589 g/mol. The second-order valence-electron chi connectivity index (χ2n) is 9.54. The zero-order chi connectivity index (χ0) is 28.9. The molecule has 7 nitrogen and oxygen atoms in total. The number of nitrogens with zero attached hydrogens (tertiary/aromatic N) is 3. The van der Waals surface area contributed by atoms with Gasteiger partial charge in [0.25, 0.3) is 5.78 Å². The van der Waals surface area contributed by atoms with Crippen LogP contribution in [0.1, 0.15) is 48.1 Å². The van der Waals surface area contributed by atoms with Gasteiger partial charge in [-0.25, -0.2) is 4.39 Å². The van der Waals surface area contributed by atoms with Gasteiger partial charge in [0, 0.05) is 16.9 Å². The van der Waals surface area contributed by atoms with Crippen LogP contribution in [0.3, 0.4) is 0 Å². The summed E-state index contributed by atoms with van der Waals surface area (Å²) < 4.78 is 21.4. The molecule has 1 N–H and O–H groups in total. The third-order valence-electron chi connectivity index (χ3n) is 6.62. The van der Waals surface area contributed by atoms with Crippen LogP contribution in [-0.4, -0.2) is 33.6 Å². The Kier molecular flexibility index (Phi) is 8.80. The van der Waals surface area contributed by atoms with E-state index in [1.807, 2.05) is 31.2 Å². The van der Waals surface area contributed by atoms with Gasteiger partial charge in [-0.3, -0.25) is 14.5 Å². The van der Waals surface area contributed by atoms with Gasteiger partial charge in [0.1, 0.15) is 23.4 Å². The molecule has 1 aromatic heterocycles. The zero-order valence-corrected chi connectivity index (χ0v) is 24.2. The Balaban J connectivity index is 1.49. The number of hydrogen-bond acceptors (Lipinski definition) is 8. The molecule has 3 aromatic carbocycles. The maximum absolute atomic E-state index is 15.2. The number of benzene rings is 3. The Hall–Kier alpha value is -4.02. The number of Topliss-reactive ketones (excluding diaryl/α,β-unsaturated/α-hetero) is 1. The highest BCUT2D eigenvalue weighted by atomic mass is 32.2. The van der Waals surface area contributed by atoms with Crippen molar-refractivity contribution in [3.63, 3.8) is 0 Å². The Morgan fingerprint density at radius 3 is 2.49 bits per heavy atom. The number of amides is 1. The second kappa shape index (κ2) is 12.7. The van der Waals surface area contributed by atoms with Crippen molar-refractivity contribution in [1.82, 2.24) is 10.2 Å². The number of rotatable bonds is 10. The van der Waals surface area contributed by atoms with Gasteiger partial charge >= 0.3 is 5.91 Å². The van der Waals surface area contributed by atoms with Gasteiger partial charge in [-0.1, -0.05) is 84.5 Å². The Morgan fingerprint density at radius 1 is 1.05 bits per heavy atom. The molecule has 1 fully saturated rings. The van der Waals surface area contributed by atoms with Crippen LogP contribution in [0.15, 0.2) is 82.7 Å².